The highest BCUT2D eigenvalue weighted by Gasteiger charge is 2.12. The van der Waals surface area contributed by atoms with Crippen LogP contribution < -0.4 is 25.5 Å². The van der Waals surface area contributed by atoms with Crippen LogP contribution in [0.15, 0.2) is 47.6 Å². The molecule has 0 radical (unpaired) electrons. The molecule has 0 saturated heterocycles. The molecule has 0 aliphatic carbocycles. The van der Waals surface area contributed by atoms with Gasteiger partial charge in [0.1, 0.15) is 11.5 Å². The number of hydrogen-bond acceptors (Lipinski definition) is 7. The van der Waals surface area contributed by atoms with Crippen molar-refractivity contribution in [2.75, 3.05) is 31.7 Å². The highest BCUT2D eigenvalue weighted by Crippen LogP contribution is 2.22. The third-order valence-electron chi connectivity index (χ3n) is 4.41. The van der Waals surface area contributed by atoms with Crippen molar-refractivity contribution in [3.63, 3.8) is 0 Å². The third kappa shape index (κ3) is 10.7. The lowest BCUT2D eigenvalue weighted by Crippen LogP contribution is -2.38. The fourth-order valence-electron chi connectivity index (χ4n) is 2.78. The van der Waals surface area contributed by atoms with Crippen molar-refractivity contribution in [3.8, 4) is 11.5 Å². The van der Waals surface area contributed by atoms with Gasteiger partial charge in [-0.25, -0.2) is 5.43 Å². The summed E-state index contributed by atoms with van der Waals surface area (Å²) in [4.78, 5) is 36.0. The maximum absolute atomic E-state index is 12.3. The van der Waals surface area contributed by atoms with E-state index >= 15 is 0 Å². The van der Waals surface area contributed by atoms with Crippen LogP contribution in [0.1, 0.15) is 32.8 Å². The number of nitrogens with zero attached hydrogens (tertiary/aromatic N) is 1. The van der Waals surface area contributed by atoms with E-state index in [2.05, 4.69) is 21.2 Å². The summed E-state index contributed by atoms with van der Waals surface area (Å²) >= 11 is 6.05. The smallest absolute Gasteiger partial charge is 0.329 e. The molecule has 0 aromatic heterocycles. The Bertz CT molecular complexity index is 1040. The van der Waals surface area contributed by atoms with E-state index in [9.17, 15) is 14.4 Å². The molecule has 0 fully saturated rings. The highest BCUT2D eigenvalue weighted by atomic mass is 35.5. The predicted molar refractivity (Wildman–Crippen MR) is 138 cm³/mol. The number of carbonyl (C=O) groups is 3. The van der Waals surface area contributed by atoms with Crippen LogP contribution in [0, 0.1) is 0 Å². The summed E-state index contributed by atoms with van der Waals surface area (Å²) in [7, 11) is 0. The number of amides is 3. The van der Waals surface area contributed by atoms with Crippen molar-refractivity contribution in [1.82, 2.24) is 10.7 Å². The molecule has 0 aliphatic heterocycles. The van der Waals surface area contributed by atoms with Gasteiger partial charge in [0.05, 0.1) is 18.9 Å². The molecule has 11 heteroatoms. The summed E-state index contributed by atoms with van der Waals surface area (Å²) in [5.41, 5.74) is 3.15. The van der Waals surface area contributed by atoms with Gasteiger partial charge >= 0.3 is 11.8 Å². The normalized spacial score (nSPS) is 10.8. The zero-order valence-corrected chi connectivity index (χ0v) is 21.3. The van der Waals surface area contributed by atoms with E-state index in [1.54, 1.807) is 42.5 Å². The first-order valence-electron chi connectivity index (χ1n) is 11.5. The van der Waals surface area contributed by atoms with Crippen LogP contribution in [-0.2, 0) is 19.1 Å². The molecule has 10 nitrogen and oxygen atoms in total. The quantitative estimate of drug-likeness (QED) is 0.162. The van der Waals surface area contributed by atoms with E-state index in [0.29, 0.717) is 54.0 Å². The van der Waals surface area contributed by atoms with Gasteiger partial charge in [0, 0.05) is 29.4 Å². The lowest BCUT2D eigenvalue weighted by Gasteiger charge is -2.10. The minimum absolute atomic E-state index is 0.103. The summed E-state index contributed by atoms with van der Waals surface area (Å²) in [5.74, 6) is -1.09. The lowest BCUT2D eigenvalue weighted by molar-refractivity contribution is -0.139. The number of hydrazone groups is 1. The molecule has 3 amide bonds. The van der Waals surface area contributed by atoms with Gasteiger partial charge in [-0.05, 0) is 69.7 Å². The van der Waals surface area contributed by atoms with Gasteiger partial charge in [0.15, 0.2) is 6.61 Å². The molecule has 2 rings (SSSR count). The molecular weight excluding hydrogens is 488 g/mol. The number of ether oxygens (including phenoxy) is 3. The van der Waals surface area contributed by atoms with Crippen molar-refractivity contribution in [3.05, 3.63) is 53.1 Å². The van der Waals surface area contributed by atoms with Crippen LogP contribution in [0.5, 0.6) is 11.5 Å². The summed E-state index contributed by atoms with van der Waals surface area (Å²) in [6.45, 7) is 6.78. The summed E-state index contributed by atoms with van der Waals surface area (Å²) in [6.07, 6.45) is 1.95. The molecule has 0 saturated carbocycles. The van der Waals surface area contributed by atoms with Gasteiger partial charge in [-0.2, -0.15) is 5.10 Å². The molecule has 2 aromatic carbocycles. The van der Waals surface area contributed by atoms with Crippen molar-refractivity contribution >= 4 is 41.2 Å². The first-order chi connectivity index (χ1) is 17.3. The first kappa shape index (κ1) is 28.6. The van der Waals surface area contributed by atoms with Gasteiger partial charge in [0.2, 0.25) is 0 Å². The van der Waals surface area contributed by atoms with E-state index in [1.807, 2.05) is 20.8 Å². The van der Waals surface area contributed by atoms with Crippen molar-refractivity contribution in [2.24, 2.45) is 5.10 Å². The second kappa shape index (κ2) is 15.4. The Morgan fingerprint density at radius 2 is 1.81 bits per heavy atom. The monoisotopic (exact) mass is 518 g/mol. The standard InChI is InChI=1S/C25H31ClN4O6/c1-4-34-21-9-7-20(8-10-21)29-23(31)16-36-22-11-6-19(26)14-18(22)15-28-30-25(33)24(32)27-12-5-13-35-17(2)3/h6-11,14-15,17H,4-5,12-13,16H2,1-3H3,(H,27,32)(H,29,31)(H,30,33)/b28-15-. The fourth-order valence-corrected chi connectivity index (χ4v) is 2.96. The summed E-state index contributed by atoms with van der Waals surface area (Å²) in [6, 6.07) is 11.7. The number of anilines is 1. The highest BCUT2D eigenvalue weighted by molar-refractivity contribution is 6.35. The molecule has 0 bridgehead atoms. The molecule has 0 spiro atoms. The molecule has 0 atom stereocenters. The molecule has 0 unspecified atom stereocenters. The number of halogens is 1. The average molecular weight is 519 g/mol. The maximum Gasteiger partial charge on any atom is 0.329 e. The Labute approximate surface area is 215 Å². The van der Waals surface area contributed by atoms with E-state index < -0.39 is 11.8 Å². The first-order valence-corrected chi connectivity index (χ1v) is 11.8. The molecule has 3 N–H and O–H groups in total. The van der Waals surface area contributed by atoms with Crippen LogP contribution in [0.4, 0.5) is 5.69 Å². The van der Waals surface area contributed by atoms with Crippen LogP contribution >= 0.6 is 11.6 Å². The van der Waals surface area contributed by atoms with Gasteiger partial charge in [-0.3, -0.25) is 14.4 Å². The van der Waals surface area contributed by atoms with Crippen molar-refractivity contribution in [2.45, 2.75) is 33.3 Å². The topological polar surface area (TPSA) is 127 Å². The average Bonchev–Trinajstić information content (AvgIpc) is 2.84. The lowest BCUT2D eigenvalue weighted by atomic mass is 10.2. The molecule has 0 heterocycles. The molecule has 36 heavy (non-hydrogen) atoms. The van der Waals surface area contributed by atoms with Crippen LogP contribution in [0.2, 0.25) is 5.02 Å². The maximum atomic E-state index is 12.3. The number of hydrogen-bond donors (Lipinski definition) is 3. The zero-order valence-electron chi connectivity index (χ0n) is 20.5. The number of rotatable bonds is 13. The van der Waals surface area contributed by atoms with Gasteiger partial charge in [-0.15, -0.1) is 0 Å². The second-order valence-electron chi connectivity index (χ2n) is 7.70. The summed E-state index contributed by atoms with van der Waals surface area (Å²) < 4.78 is 16.3. The van der Waals surface area contributed by atoms with Crippen molar-refractivity contribution < 1.29 is 28.6 Å². The third-order valence-corrected chi connectivity index (χ3v) is 4.65. The van der Waals surface area contributed by atoms with E-state index in [1.165, 1.54) is 6.21 Å². The Morgan fingerprint density at radius 3 is 2.50 bits per heavy atom. The van der Waals surface area contributed by atoms with Gasteiger partial charge in [0.25, 0.3) is 5.91 Å². The second-order valence-corrected chi connectivity index (χ2v) is 8.14. The van der Waals surface area contributed by atoms with E-state index in [-0.39, 0.29) is 18.6 Å². The Kier molecular flexibility index (Phi) is 12.2. The van der Waals surface area contributed by atoms with Crippen LogP contribution in [-0.4, -0.2) is 56.4 Å². The number of benzene rings is 2. The minimum Gasteiger partial charge on any atom is -0.494 e. The molecule has 194 valence electrons. The number of carbonyl (C=O) groups excluding carboxylic acids is 3. The fraction of sp³-hybridized carbons (Fsp3) is 0.360. The summed E-state index contributed by atoms with van der Waals surface area (Å²) in [5, 5.41) is 9.40. The van der Waals surface area contributed by atoms with Crippen LogP contribution in [0.3, 0.4) is 0 Å². The molecule has 2 aromatic rings. The minimum atomic E-state index is -0.921. The largest absolute Gasteiger partial charge is 0.494 e. The molecule has 0 aliphatic rings. The Hall–Kier alpha value is -3.63. The predicted octanol–water partition coefficient (Wildman–Crippen LogP) is 3.14. The van der Waals surface area contributed by atoms with E-state index in [4.69, 9.17) is 25.8 Å². The number of nitrogens with one attached hydrogen (secondary N) is 3. The van der Waals surface area contributed by atoms with E-state index in [0.717, 1.165) is 0 Å². The zero-order chi connectivity index (χ0) is 26.3. The van der Waals surface area contributed by atoms with Crippen molar-refractivity contribution in [1.29, 1.82) is 0 Å². The Morgan fingerprint density at radius 1 is 1.06 bits per heavy atom. The Balaban J connectivity index is 1.85. The van der Waals surface area contributed by atoms with Gasteiger partial charge < -0.3 is 24.8 Å². The SMILES string of the molecule is CCOc1ccc(NC(=O)COc2ccc(Cl)cc2/C=N\NC(=O)C(=O)NCCCOC(C)C)cc1. The molecular formula is C25H31ClN4O6. The van der Waals surface area contributed by atoms with Crippen LogP contribution in [0.25, 0.3) is 0 Å². The van der Waals surface area contributed by atoms with Gasteiger partial charge in [-0.1, -0.05) is 11.6 Å².